The fourth-order valence-electron chi connectivity index (χ4n) is 2.66. The van der Waals surface area contributed by atoms with Crippen LogP contribution in [0.25, 0.3) is 10.2 Å². The zero-order valence-corrected chi connectivity index (χ0v) is 15.0. The molecular weight excluding hydrogens is 356 g/mol. The first-order valence-corrected chi connectivity index (χ1v) is 8.72. The minimum absolute atomic E-state index is 0.154. The molecule has 0 saturated carbocycles. The molecule has 0 saturated heterocycles. The van der Waals surface area contributed by atoms with E-state index < -0.39 is 11.9 Å². The second-order valence-electron chi connectivity index (χ2n) is 5.64. The fourth-order valence-corrected chi connectivity index (χ4v) is 3.70. The van der Waals surface area contributed by atoms with Crippen molar-refractivity contribution in [1.29, 1.82) is 0 Å². The SMILES string of the molecule is CCOC(=O)c1sc2ncn(Cc3cccc(C(=O)O)c3)c(=O)c2c1C. The molecule has 0 spiro atoms. The molecule has 0 aliphatic heterocycles. The number of aryl methyl sites for hydroxylation is 1. The summed E-state index contributed by atoms with van der Waals surface area (Å²) in [6.07, 6.45) is 1.41. The number of fused-ring (bicyclic) bond motifs is 1. The normalized spacial score (nSPS) is 10.8. The van der Waals surface area contributed by atoms with Crippen molar-refractivity contribution >= 4 is 33.5 Å². The van der Waals surface area contributed by atoms with Crippen LogP contribution in [-0.4, -0.2) is 33.2 Å². The number of hydrogen-bond donors (Lipinski definition) is 1. The summed E-state index contributed by atoms with van der Waals surface area (Å²) in [7, 11) is 0. The van der Waals surface area contributed by atoms with E-state index in [-0.39, 0.29) is 24.3 Å². The number of thiophene rings is 1. The summed E-state index contributed by atoms with van der Waals surface area (Å²) >= 11 is 1.13. The molecule has 134 valence electrons. The van der Waals surface area contributed by atoms with E-state index in [0.717, 1.165) is 11.3 Å². The molecule has 0 unspecified atom stereocenters. The summed E-state index contributed by atoms with van der Waals surface area (Å²) in [4.78, 5) is 41.1. The molecule has 0 bridgehead atoms. The van der Waals surface area contributed by atoms with Crippen LogP contribution < -0.4 is 5.56 Å². The second-order valence-corrected chi connectivity index (χ2v) is 6.64. The molecule has 3 rings (SSSR count). The number of carboxylic acids is 1. The number of aromatic carboxylic acids is 1. The zero-order valence-electron chi connectivity index (χ0n) is 14.2. The summed E-state index contributed by atoms with van der Waals surface area (Å²) in [5.74, 6) is -1.49. The lowest BCUT2D eigenvalue weighted by atomic mass is 10.1. The molecule has 0 amide bonds. The molecule has 3 aromatic rings. The van der Waals surface area contributed by atoms with Crippen molar-refractivity contribution in [3.05, 3.63) is 62.5 Å². The molecule has 1 aromatic carbocycles. The highest BCUT2D eigenvalue weighted by Crippen LogP contribution is 2.27. The van der Waals surface area contributed by atoms with Crippen LogP contribution in [0.4, 0.5) is 0 Å². The molecule has 0 fully saturated rings. The fraction of sp³-hybridized carbons (Fsp3) is 0.222. The number of carbonyl (C=O) groups is 2. The van der Waals surface area contributed by atoms with E-state index in [1.807, 2.05) is 0 Å². The maximum Gasteiger partial charge on any atom is 0.348 e. The van der Waals surface area contributed by atoms with E-state index in [9.17, 15) is 14.4 Å². The molecule has 8 heteroatoms. The van der Waals surface area contributed by atoms with Crippen molar-refractivity contribution in [3.8, 4) is 0 Å². The molecule has 7 nitrogen and oxygen atoms in total. The molecule has 2 aromatic heterocycles. The van der Waals surface area contributed by atoms with Gasteiger partial charge in [0.25, 0.3) is 5.56 Å². The lowest BCUT2D eigenvalue weighted by Gasteiger charge is -2.06. The maximum absolute atomic E-state index is 12.8. The number of aromatic nitrogens is 2. The lowest BCUT2D eigenvalue weighted by molar-refractivity contribution is 0.0531. The van der Waals surface area contributed by atoms with Crippen molar-refractivity contribution < 1.29 is 19.4 Å². The minimum Gasteiger partial charge on any atom is -0.478 e. The molecule has 1 N–H and O–H groups in total. The van der Waals surface area contributed by atoms with Crippen LogP contribution in [-0.2, 0) is 11.3 Å². The lowest BCUT2D eigenvalue weighted by Crippen LogP contribution is -2.21. The predicted molar refractivity (Wildman–Crippen MR) is 97.1 cm³/mol. The first-order chi connectivity index (χ1) is 12.4. The van der Waals surface area contributed by atoms with Gasteiger partial charge in [0, 0.05) is 0 Å². The molecule has 0 aliphatic carbocycles. The Morgan fingerprint density at radius 1 is 1.35 bits per heavy atom. The quantitative estimate of drug-likeness (QED) is 0.692. The third-order valence-corrected chi connectivity index (χ3v) is 5.08. The average Bonchev–Trinajstić information content (AvgIpc) is 2.95. The Balaban J connectivity index is 2.03. The number of carboxylic acid groups (broad SMARTS) is 1. The standard InChI is InChI=1S/C18H16N2O5S/c1-3-25-18(24)14-10(2)13-15(26-14)19-9-20(16(13)21)8-11-5-4-6-12(7-11)17(22)23/h4-7,9H,3,8H2,1-2H3,(H,22,23). The smallest absolute Gasteiger partial charge is 0.348 e. The Hall–Kier alpha value is -3.00. The summed E-state index contributed by atoms with van der Waals surface area (Å²) in [6.45, 7) is 3.86. The van der Waals surface area contributed by atoms with Gasteiger partial charge in [-0.3, -0.25) is 9.36 Å². The van der Waals surface area contributed by atoms with Gasteiger partial charge >= 0.3 is 11.9 Å². The van der Waals surface area contributed by atoms with Crippen LogP contribution in [0.2, 0.25) is 0 Å². The van der Waals surface area contributed by atoms with Gasteiger partial charge in [0.15, 0.2) is 0 Å². The van der Waals surface area contributed by atoms with Gasteiger partial charge in [0.1, 0.15) is 9.71 Å². The molecule has 26 heavy (non-hydrogen) atoms. The maximum atomic E-state index is 12.8. The van der Waals surface area contributed by atoms with E-state index in [1.54, 1.807) is 26.0 Å². The van der Waals surface area contributed by atoms with Crippen LogP contribution in [0.3, 0.4) is 0 Å². The third-order valence-electron chi connectivity index (χ3n) is 3.90. The summed E-state index contributed by atoms with van der Waals surface area (Å²) in [6, 6.07) is 6.38. The summed E-state index contributed by atoms with van der Waals surface area (Å²) in [5, 5.41) is 9.47. The Bertz CT molecular complexity index is 1070. The zero-order chi connectivity index (χ0) is 18.8. The monoisotopic (exact) mass is 372 g/mol. The van der Waals surface area contributed by atoms with Crippen LogP contribution in [0.5, 0.6) is 0 Å². The van der Waals surface area contributed by atoms with Crippen LogP contribution in [0.1, 0.15) is 38.1 Å². The van der Waals surface area contributed by atoms with Gasteiger partial charge in [0.2, 0.25) is 0 Å². The molecule has 0 aliphatic rings. The predicted octanol–water partition coefficient (Wildman–Crippen LogP) is 2.69. The van der Waals surface area contributed by atoms with Crippen LogP contribution in [0.15, 0.2) is 35.4 Å². The largest absolute Gasteiger partial charge is 0.478 e. The van der Waals surface area contributed by atoms with Crippen molar-refractivity contribution in [2.24, 2.45) is 0 Å². The first kappa shape index (κ1) is 17.8. The van der Waals surface area contributed by atoms with E-state index in [4.69, 9.17) is 9.84 Å². The van der Waals surface area contributed by atoms with Crippen LogP contribution in [0, 0.1) is 6.92 Å². The van der Waals surface area contributed by atoms with Crippen molar-refractivity contribution in [3.63, 3.8) is 0 Å². The van der Waals surface area contributed by atoms with Gasteiger partial charge in [0.05, 0.1) is 30.4 Å². The van der Waals surface area contributed by atoms with Gasteiger partial charge in [-0.1, -0.05) is 12.1 Å². The first-order valence-electron chi connectivity index (χ1n) is 7.90. The van der Waals surface area contributed by atoms with Crippen molar-refractivity contribution in [1.82, 2.24) is 9.55 Å². The summed E-state index contributed by atoms with van der Waals surface area (Å²) < 4.78 is 6.42. The van der Waals surface area contributed by atoms with Gasteiger partial charge < -0.3 is 9.84 Å². The number of ether oxygens (including phenoxy) is 1. The third kappa shape index (κ3) is 3.23. The van der Waals surface area contributed by atoms with E-state index in [1.165, 1.54) is 23.0 Å². The number of benzene rings is 1. The number of nitrogens with zero attached hydrogens (tertiary/aromatic N) is 2. The Kier molecular flexibility index (Phi) is 4.85. The van der Waals surface area contributed by atoms with Gasteiger partial charge in [-0.15, -0.1) is 11.3 Å². The van der Waals surface area contributed by atoms with Gasteiger partial charge in [-0.25, -0.2) is 14.6 Å². The van der Waals surface area contributed by atoms with E-state index in [0.29, 0.717) is 26.2 Å². The average molecular weight is 372 g/mol. The number of hydrogen-bond acceptors (Lipinski definition) is 6. The Labute approximate surface area is 152 Å². The molecule has 0 atom stereocenters. The van der Waals surface area contributed by atoms with Crippen LogP contribution >= 0.6 is 11.3 Å². The molecular formula is C18H16N2O5S. The van der Waals surface area contributed by atoms with Crippen molar-refractivity contribution in [2.45, 2.75) is 20.4 Å². The minimum atomic E-state index is -1.03. The highest BCUT2D eigenvalue weighted by molar-refractivity contribution is 7.20. The topological polar surface area (TPSA) is 98.5 Å². The Morgan fingerprint density at radius 2 is 2.12 bits per heavy atom. The Morgan fingerprint density at radius 3 is 2.81 bits per heavy atom. The second kappa shape index (κ2) is 7.09. The van der Waals surface area contributed by atoms with Crippen molar-refractivity contribution in [2.75, 3.05) is 6.61 Å². The van der Waals surface area contributed by atoms with Gasteiger partial charge in [-0.05, 0) is 37.1 Å². The highest BCUT2D eigenvalue weighted by atomic mass is 32.1. The number of carbonyl (C=O) groups excluding carboxylic acids is 1. The summed E-state index contributed by atoms with van der Waals surface area (Å²) in [5.41, 5.74) is 1.10. The van der Waals surface area contributed by atoms with E-state index >= 15 is 0 Å². The van der Waals surface area contributed by atoms with E-state index in [2.05, 4.69) is 4.98 Å². The molecule has 2 heterocycles. The number of rotatable bonds is 5. The molecule has 0 radical (unpaired) electrons. The highest BCUT2D eigenvalue weighted by Gasteiger charge is 2.20. The van der Waals surface area contributed by atoms with Gasteiger partial charge in [-0.2, -0.15) is 0 Å². The number of esters is 1.